The molecular formula is C31H45NO8. The van der Waals surface area contributed by atoms with Gasteiger partial charge in [-0.15, -0.1) is 0 Å². The van der Waals surface area contributed by atoms with E-state index in [9.17, 15) is 25.2 Å². The SMILES string of the molecule is CC(C)=CCc1cc(C(=O)OC[C@@H]2CCN3CCC[C@@H]23)cc(CC=C(C)C)c1O[C@@H]1O[C@H](CO)[C@@H](O)[C@H](O)[C@H]1O. The van der Waals surface area contributed by atoms with Crippen LogP contribution in [0.5, 0.6) is 5.75 Å². The number of allylic oxidation sites excluding steroid dienone is 4. The minimum Gasteiger partial charge on any atom is -0.462 e. The lowest BCUT2D eigenvalue weighted by Crippen LogP contribution is -2.60. The van der Waals surface area contributed by atoms with Gasteiger partial charge in [-0.25, -0.2) is 4.79 Å². The highest BCUT2D eigenvalue weighted by Crippen LogP contribution is 2.35. The van der Waals surface area contributed by atoms with Crippen LogP contribution in [0.1, 0.15) is 68.4 Å². The zero-order chi connectivity index (χ0) is 29.0. The van der Waals surface area contributed by atoms with Crippen LogP contribution in [0, 0.1) is 5.92 Å². The second-order valence-corrected chi connectivity index (χ2v) is 11.8. The van der Waals surface area contributed by atoms with Crippen molar-refractivity contribution in [3.05, 3.63) is 52.1 Å². The topological polar surface area (TPSA) is 129 Å². The van der Waals surface area contributed by atoms with Crippen LogP contribution in [0.4, 0.5) is 0 Å². The average Bonchev–Trinajstić information content (AvgIpc) is 3.54. The summed E-state index contributed by atoms with van der Waals surface area (Å²) >= 11 is 0. The van der Waals surface area contributed by atoms with E-state index in [4.69, 9.17) is 14.2 Å². The van der Waals surface area contributed by atoms with Crippen LogP contribution >= 0.6 is 0 Å². The van der Waals surface area contributed by atoms with Crippen LogP contribution in [-0.2, 0) is 22.3 Å². The van der Waals surface area contributed by atoms with E-state index in [-0.39, 0.29) is 5.97 Å². The maximum atomic E-state index is 13.3. The predicted molar refractivity (Wildman–Crippen MR) is 150 cm³/mol. The molecule has 9 nitrogen and oxygen atoms in total. The van der Waals surface area contributed by atoms with Gasteiger partial charge in [-0.2, -0.15) is 0 Å². The highest BCUT2D eigenvalue weighted by Gasteiger charge is 2.45. The van der Waals surface area contributed by atoms with E-state index in [0.717, 1.165) is 37.1 Å². The summed E-state index contributed by atoms with van der Waals surface area (Å²) in [5, 5.41) is 40.8. The van der Waals surface area contributed by atoms with Gasteiger partial charge in [0.2, 0.25) is 6.29 Å². The Bertz CT molecular complexity index is 1050. The van der Waals surface area contributed by atoms with Crippen LogP contribution in [0.15, 0.2) is 35.4 Å². The molecule has 4 rings (SSSR count). The summed E-state index contributed by atoms with van der Waals surface area (Å²) in [6, 6.07) is 4.01. The Morgan fingerprint density at radius 3 is 2.23 bits per heavy atom. The molecule has 0 radical (unpaired) electrons. The maximum absolute atomic E-state index is 13.3. The summed E-state index contributed by atoms with van der Waals surface area (Å²) in [5.41, 5.74) is 4.00. The highest BCUT2D eigenvalue weighted by molar-refractivity contribution is 5.90. The number of ether oxygens (including phenoxy) is 3. The molecule has 3 aliphatic rings. The van der Waals surface area contributed by atoms with Crippen molar-refractivity contribution < 1.29 is 39.4 Å². The monoisotopic (exact) mass is 559 g/mol. The number of esters is 1. The lowest BCUT2D eigenvalue weighted by Gasteiger charge is -2.40. The molecule has 222 valence electrons. The molecule has 3 saturated heterocycles. The number of nitrogens with zero attached hydrogens (tertiary/aromatic N) is 1. The first-order chi connectivity index (χ1) is 19.1. The number of rotatable bonds is 10. The van der Waals surface area contributed by atoms with Crippen LogP contribution in [0.25, 0.3) is 0 Å². The summed E-state index contributed by atoms with van der Waals surface area (Å²) in [6.07, 6.45) is 1.34. The first kappa shape index (κ1) is 30.7. The Morgan fingerprint density at radius 1 is 0.975 bits per heavy atom. The Hall–Kier alpha value is -2.27. The van der Waals surface area contributed by atoms with Gasteiger partial charge < -0.3 is 34.6 Å². The fourth-order valence-corrected chi connectivity index (χ4v) is 5.88. The molecule has 1 aromatic rings. The van der Waals surface area contributed by atoms with Gasteiger partial charge in [0.05, 0.1) is 18.8 Å². The molecule has 4 N–H and O–H groups in total. The maximum Gasteiger partial charge on any atom is 0.338 e. The minimum atomic E-state index is -1.56. The van der Waals surface area contributed by atoms with Crippen LogP contribution in [0.2, 0.25) is 0 Å². The van der Waals surface area contributed by atoms with Crippen molar-refractivity contribution in [3.8, 4) is 5.75 Å². The molecule has 0 spiro atoms. The fourth-order valence-electron chi connectivity index (χ4n) is 5.88. The molecule has 9 heteroatoms. The van der Waals surface area contributed by atoms with Gasteiger partial charge in [-0.3, -0.25) is 4.90 Å². The number of carbonyl (C=O) groups excluding carboxylic acids is 1. The van der Waals surface area contributed by atoms with E-state index in [1.54, 1.807) is 12.1 Å². The standard InChI is InChI=1S/C31H45NO8/c1-18(2)7-9-20-14-23(30(37)38-17-22-11-13-32-12-5-6-24(22)32)15-21(10-8-19(3)4)29(20)40-31-28(36)27(35)26(34)25(16-33)39-31/h7-8,14-15,22,24-28,31,33-36H,5-6,9-13,16-17H2,1-4H3/t22-,24-,25+,26+,27-,28+,31-/m0/s1. The van der Waals surface area contributed by atoms with Gasteiger partial charge in [0, 0.05) is 12.0 Å². The lowest BCUT2D eigenvalue weighted by atomic mass is 9.97. The number of aliphatic hydroxyl groups excluding tert-OH is 4. The number of fused-ring (bicyclic) bond motifs is 1. The molecule has 7 atom stereocenters. The number of carbonyl (C=O) groups is 1. The van der Waals surface area contributed by atoms with Crippen molar-refractivity contribution in [2.24, 2.45) is 5.92 Å². The van der Waals surface area contributed by atoms with Crippen molar-refractivity contribution in [1.82, 2.24) is 4.90 Å². The summed E-state index contributed by atoms with van der Waals surface area (Å²) in [4.78, 5) is 15.8. The van der Waals surface area contributed by atoms with Gasteiger partial charge in [-0.1, -0.05) is 23.3 Å². The lowest BCUT2D eigenvalue weighted by molar-refractivity contribution is -0.277. The van der Waals surface area contributed by atoms with Crippen LogP contribution < -0.4 is 4.74 Å². The average molecular weight is 560 g/mol. The first-order valence-electron chi connectivity index (χ1n) is 14.4. The Labute approximate surface area is 237 Å². The number of hydrogen-bond donors (Lipinski definition) is 4. The third kappa shape index (κ3) is 7.13. The summed E-state index contributed by atoms with van der Waals surface area (Å²) in [6.45, 7) is 9.97. The van der Waals surface area contributed by atoms with E-state index in [1.165, 1.54) is 6.42 Å². The largest absolute Gasteiger partial charge is 0.462 e. The quantitative estimate of drug-likeness (QED) is 0.252. The second-order valence-electron chi connectivity index (χ2n) is 11.8. The predicted octanol–water partition coefficient (Wildman–Crippen LogP) is 2.52. The zero-order valence-electron chi connectivity index (χ0n) is 24.1. The number of aliphatic hydroxyl groups is 4. The van der Waals surface area contributed by atoms with Crippen molar-refractivity contribution in [1.29, 1.82) is 0 Å². The van der Waals surface area contributed by atoms with E-state index >= 15 is 0 Å². The summed E-state index contributed by atoms with van der Waals surface area (Å²) < 4.78 is 17.7. The fraction of sp³-hybridized carbons (Fsp3) is 0.645. The normalized spacial score (nSPS) is 30.1. The first-order valence-corrected chi connectivity index (χ1v) is 14.4. The van der Waals surface area contributed by atoms with E-state index in [1.807, 2.05) is 39.8 Å². The van der Waals surface area contributed by atoms with E-state index < -0.39 is 37.3 Å². The molecular weight excluding hydrogens is 514 g/mol. The van der Waals surface area contributed by atoms with Gasteiger partial charge in [0.25, 0.3) is 0 Å². The molecule has 0 aromatic heterocycles. The molecule has 3 aliphatic heterocycles. The van der Waals surface area contributed by atoms with Crippen molar-refractivity contribution in [3.63, 3.8) is 0 Å². The van der Waals surface area contributed by atoms with E-state index in [0.29, 0.717) is 53.8 Å². The Balaban J connectivity index is 1.63. The van der Waals surface area contributed by atoms with Crippen LogP contribution in [0.3, 0.4) is 0 Å². The Kier molecular flexibility index (Phi) is 10.4. The number of benzene rings is 1. The smallest absolute Gasteiger partial charge is 0.338 e. The van der Waals surface area contributed by atoms with Crippen molar-refractivity contribution in [2.45, 2.75) is 96.5 Å². The molecule has 40 heavy (non-hydrogen) atoms. The molecule has 3 fully saturated rings. The minimum absolute atomic E-state index is 0.357. The molecule has 0 saturated carbocycles. The Morgan fingerprint density at radius 2 is 1.62 bits per heavy atom. The highest BCUT2D eigenvalue weighted by atomic mass is 16.7. The molecule has 0 amide bonds. The van der Waals surface area contributed by atoms with E-state index in [2.05, 4.69) is 4.90 Å². The van der Waals surface area contributed by atoms with Gasteiger partial charge in [0.15, 0.2) is 0 Å². The second kappa shape index (κ2) is 13.6. The zero-order valence-corrected chi connectivity index (χ0v) is 24.1. The van der Waals surface area contributed by atoms with Crippen LogP contribution in [-0.4, -0.2) is 94.3 Å². The van der Waals surface area contributed by atoms with Crippen molar-refractivity contribution >= 4 is 5.97 Å². The molecule has 0 aliphatic carbocycles. The summed E-state index contributed by atoms with van der Waals surface area (Å²) in [5.74, 6) is 0.400. The molecule has 3 heterocycles. The van der Waals surface area contributed by atoms with Gasteiger partial charge >= 0.3 is 5.97 Å². The molecule has 0 unspecified atom stereocenters. The van der Waals surface area contributed by atoms with Crippen molar-refractivity contribution in [2.75, 3.05) is 26.3 Å². The van der Waals surface area contributed by atoms with Gasteiger partial charge in [-0.05, 0) is 96.1 Å². The third-order valence-electron chi connectivity index (χ3n) is 8.20. The third-order valence-corrected chi connectivity index (χ3v) is 8.20. The molecule has 0 bridgehead atoms. The molecule has 1 aromatic carbocycles. The number of hydrogen-bond acceptors (Lipinski definition) is 9. The van der Waals surface area contributed by atoms with Gasteiger partial charge in [0.1, 0.15) is 30.2 Å². The summed E-state index contributed by atoms with van der Waals surface area (Å²) in [7, 11) is 0.